The third-order valence-corrected chi connectivity index (χ3v) is 9.18. The number of morpholine rings is 1. The number of rotatable bonds is 14. The standard InChI is InChI=1S/C27H42BrN3O7/c1-3-9-30(12-11-29-13-16-36-17-14-29)25(34)23-27-18-19(28)22(38-27)20(26(35)37-4-2)21(27)24(33)31(23)10-7-5-6-8-15-32/h3,19-23,32H,1,4-18H2,2H3/t19?,20-,21+,22-,23?,27?/m1/s1. The van der Waals surface area contributed by atoms with Gasteiger partial charge in [0.2, 0.25) is 11.8 Å². The number of halogens is 1. The second-order valence-corrected chi connectivity index (χ2v) is 11.8. The maximum absolute atomic E-state index is 14.3. The lowest BCUT2D eigenvalue weighted by atomic mass is 9.70. The summed E-state index contributed by atoms with van der Waals surface area (Å²) < 4.78 is 17.4. The second kappa shape index (κ2) is 13.2. The predicted octanol–water partition coefficient (Wildman–Crippen LogP) is 1.20. The second-order valence-electron chi connectivity index (χ2n) is 10.6. The summed E-state index contributed by atoms with van der Waals surface area (Å²) in [5, 5.41) is 9.12. The number of fused-ring (bicyclic) bond motifs is 1. The van der Waals surface area contributed by atoms with E-state index in [4.69, 9.17) is 19.3 Å². The number of ether oxygens (including phenoxy) is 3. The largest absolute Gasteiger partial charge is 0.466 e. The zero-order chi connectivity index (χ0) is 27.3. The Bertz CT molecular complexity index is 870. The van der Waals surface area contributed by atoms with Crippen molar-refractivity contribution in [2.45, 2.75) is 61.6 Å². The molecule has 4 rings (SSSR count). The summed E-state index contributed by atoms with van der Waals surface area (Å²) in [7, 11) is 0. The van der Waals surface area contributed by atoms with Crippen LogP contribution >= 0.6 is 15.9 Å². The van der Waals surface area contributed by atoms with E-state index in [1.54, 1.807) is 22.8 Å². The molecule has 4 fully saturated rings. The number of hydrogen-bond acceptors (Lipinski definition) is 8. The van der Waals surface area contributed by atoms with Crippen LogP contribution in [0.5, 0.6) is 0 Å². The van der Waals surface area contributed by atoms with Crippen LogP contribution in [0, 0.1) is 11.8 Å². The van der Waals surface area contributed by atoms with Crippen molar-refractivity contribution in [3.8, 4) is 0 Å². The molecule has 0 aromatic carbocycles. The molecule has 11 heteroatoms. The molecule has 214 valence electrons. The maximum Gasteiger partial charge on any atom is 0.312 e. The number of amides is 2. The monoisotopic (exact) mass is 599 g/mol. The Labute approximate surface area is 233 Å². The van der Waals surface area contributed by atoms with E-state index in [2.05, 4.69) is 27.4 Å². The van der Waals surface area contributed by atoms with Gasteiger partial charge in [-0.15, -0.1) is 6.58 Å². The van der Waals surface area contributed by atoms with Crippen LogP contribution < -0.4 is 0 Å². The first-order valence-electron chi connectivity index (χ1n) is 14.0. The Hall–Kier alpha value is -1.53. The number of likely N-dealkylation sites (tertiary alicyclic amines) is 1. The molecule has 0 aromatic heterocycles. The molecule has 4 aliphatic heterocycles. The Morgan fingerprint density at radius 1 is 1.24 bits per heavy atom. The highest BCUT2D eigenvalue weighted by Gasteiger charge is 2.77. The molecule has 1 spiro atoms. The molecule has 2 bridgehead atoms. The fourth-order valence-electron chi connectivity index (χ4n) is 6.61. The Morgan fingerprint density at radius 3 is 2.66 bits per heavy atom. The molecule has 4 saturated heterocycles. The van der Waals surface area contributed by atoms with Crippen molar-refractivity contribution in [2.75, 3.05) is 65.7 Å². The zero-order valence-corrected chi connectivity index (χ0v) is 24.0. The molecular formula is C27H42BrN3O7. The van der Waals surface area contributed by atoms with Crippen LogP contribution in [0.4, 0.5) is 0 Å². The van der Waals surface area contributed by atoms with Gasteiger partial charge in [0.05, 0.1) is 37.8 Å². The van der Waals surface area contributed by atoms with Crippen molar-refractivity contribution in [3.63, 3.8) is 0 Å². The van der Waals surface area contributed by atoms with Crippen LogP contribution in [-0.2, 0) is 28.6 Å². The number of nitrogens with zero attached hydrogens (tertiary/aromatic N) is 3. The molecule has 38 heavy (non-hydrogen) atoms. The lowest BCUT2D eigenvalue weighted by molar-refractivity contribution is -0.154. The summed E-state index contributed by atoms with van der Waals surface area (Å²) in [5.74, 6) is -2.27. The normalized spacial score (nSPS) is 32.4. The highest BCUT2D eigenvalue weighted by atomic mass is 79.9. The highest BCUT2D eigenvalue weighted by Crippen LogP contribution is 2.60. The Kier molecular flexibility index (Phi) is 10.2. The minimum Gasteiger partial charge on any atom is -0.466 e. The van der Waals surface area contributed by atoms with E-state index < -0.39 is 35.6 Å². The lowest BCUT2D eigenvalue weighted by Crippen LogP contribution is -2.57. The SMILES string of the molecule is C=CCN(CCN1CCOCC1)C(=O)C1N(CCCCCCO)C(=O)[C@@H]2[C@@H](C(=O)OCC)[C@@H]3OC12CC3Br. The van der Waals surface area contributed by atoms with Crippen molar-refractivity contribution >= 4 is 33.7 Å². The van der Waals surface area contributed by atoms with Gasteiger partial charge < -0.3 is 29.1 Å². The van der Waals surface area contributed by atoms with Crippen LogP contribution in [0.2, 0.25) is 0 Å². The third kappa shape index (κ3) is 5.68. The van der Waals surface area contributed by atoms with E-state index in [0.29, 0.717) is 58.7 Å². The number of carbonyl (C=O) groups is 3. The van der Waals surface area contributed by atoms with Crippen LogP contribution in [0.15, 0.2) is 12.7 Å². The molecule has 0 aromatic rings. The molecule has 0 aliphatic carbocycles. The van der Waals surface area contributed by atoms with Gasteiger partial charge in [-0.1, -0.05) is 34.8 Å². The molecule has 2 amide bonds. The van der Waals surface area contributed by atoms with E-state index in [9.17, 15) is 14.4 Å². The van der Waals surface area contributed by atoms with Gasteiger partial charge >= 0.3 is 5.97 Å². The van der Waals surface area contributed by atoms with Crippen molar-refractivity contribution in [1.29, 1.82) is 0 Å². The summed E-state index contributed by atoms with van der Waals surface area (Å²) in [6.07, 6.45) is 4.78. The van der Waals surface area contributed by atoms with Gasteiger partial charge in [0, 0.05) is 50.7 Å². The van der Waals surface area contributed by atoms with Crippen molar-refractivity contribution < 1.29 is 33.7 Å². The van der Waals surface area contributed by atoms with E-state index in [1.807, 2.05) is 0 Å². The van der Waals surface area contributed by atoms with Crippen LogP contribution in [0.3, 0.4) is 0 Å². The van der Waals surface area contributed by atoms with E-state index in [-0.39, 0.29) is 29.9 Å². The summed E-state index contributed by atoms with van der Waals surface area (Å²) in [6.45, 7) is 10.9. The topological polar surface area (TPSA) is 109 Å². The summed E-state index contributed by atoms with van der Waals surface area (Å²) in [5.41, 5.74) is -1.08. The lowest BCUT2D eigenvalue weighted by Gasteiger charge is -2.38. The molecule has 0 radical (unpaired) electrons. The summed E-state index contributed by atoms with van der Waals surface area (Å²) in [6, 6.07) is -0.813. The van der Waals surface area contributed by atoms with Crippen molar-refractivity contribution in [1.82, 2.24) is 14.7 Å². The molecule has 0 saturated carbocycles. The van der Waals surface area contributed by atoms with Gasteiger partial charge in [-0.2, -0.15) is 0 Å². The van der Waals surface area contributed by atoms with Crippen LogP contribution in [-0.4, -0.2) is 126 Å². The minimum atomic E-state index is -1.08. The van der Waals surface area contributed by atoms with Crippen molar-refractivity contribution in [2.24, 2.45) is 11.8 Å². The number of carbonyl (C=O) groups excluding carboxylic acids is 3. The molecule has 4 heterocycles. The van der Waals surface area contributed by atoms with Gasteiger partial charge in [0.25, 0.3) is 0 Å². The third-order valence-electron chi connectivity index (χ3n) is 8.34. The van der Waals surface area contributed by atoms with E-state index >= 15 is 0 Å². The zero-order valence-electron chi connectivity index (χ0n) is 22.4. The van der Waals surface area contributed by atoms with E-state index in [0.717, 1.165) is 25.9 Å². The first-order chi connectivity index (χ1) is 18.4. The van der Waals surface area contributed by atoms with Gasteiger partial charge in [0.15, 0.2) is 0 Å². The average molecular weight is 601 g/mol. The smallest absolute Gasteiger partial charge is 0.312 e. The van der Waals surface area contributed by atoms with Gasteiger partial charge in [0.1, 0.15) is 11.6 Å². The first kappa shape index (κ1) is 29.5. The summed E-state index contributed by atoms with van der Waals surface area (Å²) in [4.78, 5) is 46.9. The number of hydrogen-bond donors (Lipinski definition) is 1. The first-order valence-corrected chi connectivity index (χ1v) is 14.9. The Balaban J connectivity index is 1.60. The molecule has 1 N–H and O–H groups in total. The summed E-state index contributed by atoms with van der Waals surface area (Å²) >= 11 is 3.69. The average Bonchev–Trinajstić information content (AvgIpc) is 3.50. The van der Waals surface area contributed by atoms with Gasteiger partial charge in [-0.25, -0.2) is 0 Å². The maximum atomic E-state index is 14.3. The number of alkyl halides is 1. The van der Waals surface area contributed by atoms with Crippen LogP contribution in [0.1, 0.15) is 39.0 Å². The molecular weight excluding hydrogens is 558 g/mol. The number of esters is 1. The van der Waals surface area contributed by atoms with Gasteiger partial charge in [-0.05, 0) is 26.2 Å². The number of aliphatic hydroxyl groups is 1. The number of unbranched alkanes of at least 4 members (excludes halogenated alkanes) is 3. The van der Waals surface area contributed by atoms with Gasteiger partial charge in [-0.3, -0.25) is 19.3 Å². The van der Waals surface area contributed by atoms with E-state index in [1.165, 1.54) is 0 Å². The quantitative estimate of drug-likeness (QED) is 0.137. The predicted molar refractivity (Wildman–Crippen MR) is 144 cm³/mol. The molecule has 3 unspecified atom stereocenters. The number of aliphatic hydroxyl groups excluding tert-OH is 1. The fourth-order valence-corrected chi connectivity index (χ4v) is 7.55. The Morgan fingerprint density at radius 2 is 1.97 bits per heavy atom. The molecule has 6 atom stereocenters. The molecule has 4 aliphatic rings. The van der Waals surface area contributed by atoms with Crippen molar-refractivity contribution in [3.05, 3.63) is 12.7 Å². The van der Waals surface area contributed by atoms with Crippen LogP contribution in [0.25, 0.3) is 0 Å². The fraction of sp³-hybridized carbons (Fsp3) is 0.815. The molecule has 10 nitrogen and oxygen atoms in total. The highest BCUT2D eigenvalue weighted by molar-refractivity contribution is 9.09. The minimum absolute atomic E-state index is 0.137.